The van der Waals surface area contributed by atoms with Crippen molar-refractivity contribution in [3.05, 3.63) is 28.7 Å². The Bertz CT molecular complexity index is 460. The molecule has 3 atom stereocenters. The lowest BCUT2D eigenvalue weighted by atomic mass is 9.86. The zero-order valence-electron chi connectivity index (χ0n) is 10.4. The quantitative estimate of drug-likeness (QED) is 0.890. The molecule has 2 bridgehead atoms. The molecular weight excluding hydrogens is 290 g/mol. The van der Waals surface area contributed by atoms with Crippen LogP contribution in [0.1, 0.15) is 32.1 Å². The van der Waals surface area contributed by atoms with Crippen LogP contribution < -0.4 is 5.32 Å². The minimum Gasteiger partial charge on any atom is -0.325 e. The molecule has 3 heteroatoms. The van der Waals surface area contributed by atoms with Crippen LogP contribution >= 0.6 is 15.9 Å². The number of benzene rings is 1. The molecule has 1 N–H and O–H groups in total. The van der Waals surface area contributed by atoms with Gasteiger partial charge in [0.25, 0.3) is 0 Å². The molecule has 2 aliphatic carbocycles. The maximum atomic E-state index is 12.1. The highest BCUT2D eigenvalue weighted by molar-refractivity contribution is 9.10. The van der Waals surface area contributed by atoms with E-state index in [1.807, 2.05) is 24.3 Å². The number of hydrogen-bond donors (Lipinski definition) is 1. The van der Waals surface area contributed by atoms with Crippen molar-refractivity contribution in [2.45, 2.75) is 32.1 Å². The lowest BCUT2D eigenvalue weighted by Crippen LogP contribution is -2.20. The third kappa shape index (κ3) is 2.46. The first-order valence-electron chi connectivity index (χ1n) is 6.77. The fourth-order valence-electron chi connectivity index (χ4n) is 3.63. The van der Waals surface area contributed by atoms with Gasteiger partial charge in [-0.25, -0.2) is 0 Å². The van der Waals surface area contributed by atoms with Crippen LogP contribution in [0.3, 0.4) is 0 Å². The molecule has 2 nitrogen and oxygen atoms in total. The summed E-state index contributed by atoms with van der Waals surface area (Å²) in [4.78, 5) is 12.1. The van der Waals surface area contributed by atoms with Crippen LogP contribution in [0.25, 0.3) is 0 Å². The van der Waals surface area contributed by atoms with E-state index in [1.54, 1.807) is 0 Å². The minimum atomic E-state index is 0.166. The smallest absolute Gasteiger partial charge is 0.224 e. The fraction of sp³-hybridized carbons (Fsp3) is 0.533. The second-order valence-electron chi connectivity index (χ2n) is 5.67. The van der Waals surface area contributed by atoms with Gasteiger partial charge >= 0.3 is 0 Å². The lowest BCUT2D eigenvalue weighted by Gasteiger charge is -2.21. The SMILES string of the molecule is O=C(CC1CC2CCC1C2)Nc1ccccc1Br. The molecule has 0 aromatic heterocycles. The van der Waals surface area contributed by atoms with Gasteiger partial charge in [0, 0.05) is 10.9 Å². The van der Waals surface area contributed by atoms with E-state index in [1.165, 1.54) is 25.7 Å². The molecule has 0 spiro atoms. The number of rotatable bonds is 3. The van der Waals surface area contributed by atoms with Gasteiger partial charge in [0.15, 0.2) is 0 Å². The zero-order chi connectivity index (χ0) is 12.5. The van der Waals surface area contributed by atoms with Crippen molar-refractivity contribution in [2.24, 2.45) is 17.8 Å². The maximum Gasteiger partial charge on any atom is 0.224 e. The highest BCUT2D eigenvalue weighted by Gasteiger charge is 2.40. The Morgan fingerprint density at radius 3 is 2.78 bits per heavy atom. The molecular formula is C15H18BrNO. The van der Waals surface area contributed by atoms with Crippen LogP contribution in [0.2, 0.25) is 0 Å². The Hall–Kier alpha value is -0.830. The van der Waals surface area contributed by atoms with Crippen LogP contribution in [-0.2, 0) is 4.79 Å². The number of carbonyl (C=O) groups excluding carboxylic acids is 1. The van der Waals surface area contributed by atoms with Gasteiger partial charge in [-0.05, 0) is 65.1 Å². The molecule has 18 heavy (non-hydrogen) atoms. The van der Waals surface area contributed by atoms with E-state index < -0.39 is 0 Å². The van der Waals surface area contributed by atoms with Crippen molar-refractivity contribution >= 4 is 27.5 Å². The van der Waals surface area contributed by atoms with Crippen molar-refractivity contribution in [2.75, 3.05) is 5.32 Å². The van der Waals surface area contributed by atoms with Gasteiger partial charge in [0.05, 0.1) is 5.69 Å². The number of amides is 1. The Kier molecular flexibility index (Phi) is 3.42. The summed E-state index contributed by atoms with van der Waals surface area (Å²) >= 11 is 3.46. The Morgan fingerprint density at radius 1 is 1.28 bits per heavy atom. The molecule has 3 unspecified atom stereocenters. The Morgan fingerprint density at radius 2 is 2.11 bits per heavy atom. The molecule has 3 rings (SSSR count). The largest absolute Gasteiger partial charge is 0.325 e. The average Bonchev–Trinajstić information content (AvgIpc) is 2.94. The number of hydrogen-bond acceptors (Lipinski definition) is 1. The summed E-state index contributed by atoms with van der Waals surface area (Å²) in [7, 11) is 0. The third-order valence-electron chi connectivity index (χ3n) is 4.48. The highest BCUT2D eigenvalue weighted by atomic mass is 79.9. The second kappa shape index (κ2) is 5.04. The lowest BCUT2D eigenvalue weighted by molar-refractivity contribution is -0.117. The minimum absolute atomic E-state index is 0.166. The Balaban J connectivity index is 1.58. The molecule has 2 aliphatic rings. The molecule has 96 valence electrons. The van der Waals surface area contributed by atoms with Gasteiger partial charge in [-0.2, -0.15) is 0 Å². The first kappa shape index (κ1) is 12.2. The summed E-state index contributed by atoms with van der Waals surface area (Å²) in [6, 6.07) is 7.78. The highest BCUT2D eigenvalue weighted by Crippen LogP contribution is 2.49. The molecule has 0 radical (unpaired) electrons. The molecule has 1 aromatic carbocycles. The molecule has 1 amide bonds. The van der Waals surface area contributed by atoms with Gasteiger partial charge in [-0.3, -0.25) is 4.79 Å². The number of carbonyl (C=O) groups is 1. The van der Waals surface area contributed by atoms with Crippen molar-refractivity contribution in [1.29, 1.82) is 0 Å². The van der Waals surface area contributed by atoms with Crippen LogP contribution in [0.15, 0.2) is 28.7 Å². The van der Waals surface area contributed by atoms with E-state index in [9.17, 15) is 4.79 Å². The van der Waals surface area contributed by atoms with Gasteiger partial charge in [0.1, 0.15) is 0 Å². The van der Waals surface area contributed by atoms with Crippen LogP contribution in [0.4, 0.5) is 5.69 Å². The van der Waals surface area contributed by atoms with Crippen molar-refractivity contribution in [3.8, 4) is 0 Å². The van der Waals surface area contributed by atoms with Crippen molar-refractivity contribution < 1.29 is 4.79 Å². The number of fused-ring (bicyclic) bond motifs is 2. The van der Waals surface area contributed by atoms with Gasteiger partial charge in [0.2, 0.25) is 5.91 Å². The molecule has 1 aromatic rings. The van der Waals surface area contributed by atoms with E-state index in [4.69, 9.17) is 0 Å². The van der Waals surface area contributed by atoms with Gasteiger partial charge in [-0.15, -0.1) is 0 Å². The predicted octanol–water partition coefficient (Wildman–Crippen LogP) is 4.21. The summed E-state index contributed by atoms with van der Waals surface area (Å²) in [5, 5.41) is 3.01. The summed E-state index contributed by atoms with van der Waals surface area (Å²) < 4.78 is 0.950. The normalized spacial score (nSPS) is 29.5. The van der Waals surface area contributed by atoms with Crippen LogP contribution in [0.5, 0.6) is 0 Å². The topological polar surface area (TPSA) is 29.1 Å². The molecule has 2 fully saturated rings. The predicted molar refractivity (Wildman–Crippen MR) is 76.3 cm³/mol. The van der Waals surface area contributed by atoms with Gasteiger partial charge in [-0.1, -0.05) is 18.6 Å². The van der Waals surface area contributed by atoms with E-state index in [0.29, 0.717) is 12.3 Å². The fourth-order valence-corrected chi connectivity index (χ4v) is 4.01. The monoisotopic (exact) mass is 307 g/mol. The summed E-state index contributed by atoms with van der Waals surface area (Å²) in [5.41, 5.74) is 0.880. The number of halogens is 1. The number of para-hydroxylation sites is 1. The first-order chi connectivity index (χ1) is 8.72. The average molecular weight is 308 g/mol. The van der Waals surface area contributed by atoms with Crippen molar-refractivity contribution in [3.63, 3.8) is 0 Å². The molecule has 0 aliphatic heterocycles. The summed E-state index contributed by atoms with van der Waals surface area (Å²) in [6.07, 6.45) is 6.08. The maximum absolute atomic E-state index is 12.1. The van der Waals surface area contributed by atoms with Crippen molar-refractivity contribution in [1.82, 2.24) is 0 Å². The van der Waals surface area contributed by atoms with E-state index in [-0.39, 0.29) is 5.91 Å². The third-order valence-corrected chi connectivity index (χ3v) is 5.17. The van der Waals surface area contributed by atoms with Crippen LogP contribution in [-0.4, -0.2) is 5.91 Å². The molecule has 0 saturated heterocycles. The zero-order valence-corrected chi connectivity index (χ0v) is 11.9. The van der Waals surface area contributed by atoms with E-state index in [0.717, 1.165) is 22.0 Å². The Labute approximate surface area is 116 Å². The van der Waals surface area contributed by atoms with Crippen LogP contribution in [0, 0.1) is 17.8 Å². The molecule has 2 saturated carbocycles. The van der Waals surface area contributed by atoms with E-state index >= 15 is 0 Å². The number of anilines is 1. The number of nitrogens with one attached hydrogen (secondary N) is 1. The first-order valence-corrected chi connectivity index (χ1v) is 7.56. The summed E-state index contributed by atoms with van der Waals surface area (Å²) in [6.45, 7) is 0. The van der Waals surface area contributed by atoms with Gasteiger partial charge < -0.3 is 5.32 Å². The molecule has 0 heterocycles. The van der Waals surface area contributed by atoms with E-state index in [2.05, 4.69) is 21.2 Å². The second-order valence-corrected chi connectivity index (χ2v) is 6.52. The standard InChI is InChI=1S/C15H18BrNO/c16-13-3-1-2-4-14(13)17-15(18)9-12-8-10-5-6-11(12)7-10/h1-4,10-12H,5-9H2,(H,17,18). The summed E-state index contributed by atoms with van der Waals surface area (Å²) in [5.74, 6) is 2.53.